The number of rotatable bonds is 7. The molecule has 0 bridgehead atoms. The first-order valence-electron chi connectivity index (χ1n) is 10.4. The zero-order valence-corrected chi connectivity index (χ0v) is 18.7. The molecule has 4 rings (SSSR count). The zero-order chi connectivity index (χ0) is 23.5. The lowest BCUT2D eigenvalue weighted by Crippen LogP contribution is -2.38. The first-order valence-corrected chi connectivity index (χ1v) is 11.3. The number of likely N-dealkylation sites (N-methyl/N-ethyl adjacent to an activating group) is 1. The normalized spacial score (nSPS) is 16.0. The quantitative estimate of drug-likeness (QED) is 0.453. The summed E-state index contributed by atoms with van der Waals surface area (Å²) < 4.78 is 27.9. The monoisotopic (exact) mass is 471 g/mol. The molecule has 0 aliphatic carbocycles. The largest absolute Gasteiger partial charge is 0.382 e. The van der Waals surface area contributed by atoms with Gasteiger partial charge in [-0.15, -0.1) is 0 Å². The van der Waals surface area contributed by atoms with Gasteiger partial charge in [0.2, 0.25) is 5.78 Å². The van der Waals surface area contributed by atoms with E-state index in [4.69, 9.17) is 5.73 Å². The summed E-state index contributed by atoms with van der Waals surface area (Å²) in [6.07, 6.45) is 2.21. The number of amides is 1. The number of hydrogen-bond donors (Lipinski definition) is 3. The third-order valence-electron chi connectivity index (χ3n) is 5.62. The summed E-state index contributed by atoms with van der Waals surface area (Å²) in [6, 6.07) is 10.3. The number of nitrogens with one attached hydrogen (secondary N) is 2. The van der Waals surface area contributed by atoms with E-state index in [1.807, 2.05) is 0 Å². The third kappa shape index (κ3) is 5.01. The number of aromatic nitrogens is 1. The fraction of sp³-hybridized carbons (Fsp3) is 0.261. The second kappa shape index (κ2) is 9.63. The topological polar surface area (TPSA) is 100 Å². The summed E-state index contributed by atoms with van der Waals surface area (Å²) in [5, 5.41) is 6.25. The summed E-state index contributed by atoms with van der Waals surface area (Å²) in [5.41, 5.74) is 6.30. The third-order valence-corrected chi connectivity index (χ3v) is 6.60. The highest BCUT2D eigenvalue weighted by molar-refractivity contribution is 7.18. The van der Waals surface area contributed by atoms with Crippen LogP contribution in [-0.4, -0.2) is 47.8 Å². The highest BCUT2D eigenvalue weighted by atomic mass is 32.1. The molecule has 2 aromatic carbocycles. The summed E-state index contributed by atoms with van der Waals surface area (Å²) in [7, 11) is 2.06. The molecule has 1 fully saturated rings. The lowest BCUT2D eigenvalue weighted by Gasteiger charge is -2.19. The number of hydrogen-bond acceptors (Lipinski definition) is 7. The summed E-state index contributed by atoms with van der Waals surface area (Å²) >= 11 is 0.894. The van der Waals surface area contributed by atoms with Gasteiger partial charge in [0, 0.05) is 23.8 Å². The van der Waals surface area contributed by atoms with Crippen molar-refractivity contribution in [3.05, 3.63) is 70.1 Å². The van der Waals surface area contributed by atoms with Crippen molar-refractivity contribution >= 4 is 39.7 Å². The number of nitrogens with zero attached hydrogens (tertiary/aromatic N) is 2. The van der Waals surface area contributed by atoms with E-state index in [0.717, 1.165) is 42.9 Å². The Balaban J connectivity index is 1.41. The maximum Gasteiger partial charge on any atom is 0.251 e. The maximum atomic E-state index is 14.0. The second-order valence-corrected chi connectivity index (χ2v) is 8.85. The SMILES string of the molecule is CN1CCC[C@H]1CNC(=O)c1ccc(Nc2nc(N)c(C(=O)c3c(F)cccc3F)s2)cc1. The summed E-state index contributed by atoms with van der Waals surface area (Å²) in [6.45, 7) is 1.65. The van der Waals surface area contributed by atoms with E-state index >= 15 is 0 Å². The van der Waals surface area contributed by atoms with Crippen molar-refractivity contribution in [1.29, 1.82) is 0 Å². The molecule has 10 heteroatoms. The molecule has 0 spiro atoms. The standard InChI is InChI=1S/C23H23F2N5O2S/c1-30-11-3-4-15(30)12-27-22(32)13-7-9-14(10-8-13)28-23-29-21(26)20(33-23)19(31)18-16(24)5-2-6-17(18)25/h2,5-10,15H,3-4,11-12,26H2,1H3,(H,27,32)(H,28,29)/t15-/m0/s1. The fourth-order valence-electron chi connectivity index (χ4n) is 3.75. The highest BCUT2D eigenvalue weighted by Gasteiger charge is 2.24. The van der Waals surface area contributed by atoms with E-state index in [-0.39, 0.29) is 21.7 Å². The Morgan fingerprint density at radius 2 is 1.88 bits per heavy atom. The molecule has 172 valence electrons. The van der Waals surface area contributed by atoms with E-state index in [1.165, 1.54) is 6.07 Å². The van der Waals surface area contributed by atoms with Crippen LogP contribution in [0.3, 0.4) is 0 Å². The van der Waals surface area contributed by atoms with Crippen LogP contribution in [0, 0.1) is 11.6 Å². The lowest BCUT2D eigenvalue weighted by atomic mass is 10.1. The van der Waals surface area contributed by atoms with Gasteiger partial charge in [0.25, 0.3) is 5.91 Å². The summed E-state index contributed by atoms with van der Waals surface area (Å²) in [5.74, 6) is -3.07. The Morgan fingerprint density at radius 3 is 2.52 bits per heavy atom. The van der Waals surface area contributed by atoms with Crippen LogP contribution in [0.15, 0.2) is 42.5 Å². The van der Waals surface area contributed by atoms with Gasteiger partial charge in [-0.25, -0.2) is 13.8 Å². The number of anilines is 3. The number of nitrogen functional groups attached to an aromatic ring is 1. The van der Waals surface area contributed by atoms with Gasteiger partial charge in [-0.3, -0.25) is 9.59 Å². The molecule has 1 aliphatic rings. The van der Waals surface area contributed by atoms with Crippen molar-refractivity contribution in [3.8, 4) is 0 Å². The van der Waals surface area contributed by atoms with E-state index in [9.17, 15) is 18.4 Å². The Bertz CT molecular complexity index is 1160. The van der Waals surface area contributed by atoms with Crippen molar-refractivity contribution in [2.24, 2.45) is 0 Å². The Kier molecular flexibility index (Phi) is 6.66. The van der Waals surface area contributed by atoms with Crippen molar-refractivity contribution < 1.29 is 18.4 Å². The smallest absolute Gasteiger partial charge is 0.251 e. The number of nitrogens with two attached hydrogens (primary N) is 1. The number of ketones is 1. The first-order chi connectivity index (χ1) is 15.8. The van der Waals surface area contributed by atoms with Crippen molar-refractivity contribution in [3.63, 3.8) is 0 Å². The number of carbonyl (C=O) groups excluding carboxylic acids is 2. The Hall–Kier alpha value is -3.37. The minimum absolute atomic E-state index is 0.0608. The molecule has 1 aliphatic heterocycles. The molecular weight excluding hydrogens is 448 g/mol. The zero-order valence-electron chi connectivity index (χ0n) is 17.9. The molecule has 33 heavy (non-hydrogen) atoms. The highest BCUT2D eigenvalue weighted by Crippen LogP contribution is 2.31. The van der Waals surface area contributed by atoms with Crippen molar-refractivity contribution in [1.82, 2.24) is 15.2 Å². The molecule has 1 saturated heterocycles. The molecule has 1 aromatic heterocycles. The molecule has 3 aromatic rings. The van der Waals surface area contributed by atoms with Gasteiger partial charge >= 0.3 is 0 Å². The number of halogens is 2. The van der Waals surface area contributed by atoms with Crippen LogP contribution in [-0.2, 0) is 0 Å². The minimum Gasteiger partial charge on any atom is -0.382 e. The van der Waals surface area contributed by atoms with E-state index in [1.54, 1.807) is 24.3 Å². The van der Waals surface area contributed by atoms with Crippen LogP contribution in [0.5, 0.6) is 0 Å². The fourth-order valence-corrected chi connectivity index (χ4v) is 4.61. The number of carbonyl (C=O) groups is 2. The van der Waals surface area contributed by atoms with Crippen LogP contribution in [0.2, 0.25) is 0 Å². The lowest BCUT2D eigenvalue weighted by molar-refractivity contribution is 0.0943. The molecule has 1 atom stereocenters. The molecule has 0 saturated carbocycles. The van der Waals surface area contributed by atoms with Gasteiger partial charge in [0.15, 0.2) is 5.13 Å². The molecular formula is C23H23F2N5O2S. The average Bonchev–Trinajstić information content (AvgIpc) is 3.37. The van der Waals surface area contributed by atoms with Crippen LogP contribution in [0.25, 0.3) is 0 Å². The maximum absolute atomic E-state index is 14.0. The van der Waals surface area contributed by atoms with Crippen LogP contribution >= 0.6 is 11.3 Å². The molecule has 1 amide bonds. The second-order valence-electron chi connectivity index (χ2n) is 7.85. The summed E-state index contributed by atoms with van der Waals surface area (Å²) in [4.78, 5) is 31.3. The first kappa shape index (κ1) is 22.8. The van der Waals surface area contributed by atoms with Gasteiger partial charge in [-0.2, -0.15) is 0 Å². The number of thiazole rings is 1. The molecule has 4 N–H and O–H groups in total. The van der Waals surface area contributed by atoms with Gasteiger partial charge in [-0.1, -0.05) is 17.4 Å². The molecule has 7 nitrogen and oxygen atoms in total. The van der Waals surface area contributed by atoms with Crippen molar-refractivity contribution in [2.45, 2.75) is 18.9 Å². The number of likely N-dealkylation sites (tertiary alicyclic amines) is 1. The average molecular weight is 472 g/mol. The Labute approximate surface area is 193 Å². The number of benzene rings is 2. The van der Waals surface area contributed by atoms with E-state index < -0.39 is 23.0 Å². The molecule has 2 heterocycles. The van der Waals surface area contributed by atoms with Gasteiger partial charge in [0.05, 0.1) is 5.56 Å². The van der Waals surface area contributed by atoms with Gasteiger partial charge < -0.3 is 21.3 Å². The van der Waals surface area contributed by atoms with Gasteiger partial charge in [-0.05, 0) is 62.8 Å². The van der Waals surface area contributed by atoms with Crippen LogP contribution < -0.4 is 16.4 Å². The van der Waals surface area contributed by atoms with E-state index in [2.05, 4.69) is 27.6 Å². The Morgan fingerprint density at radius 1 is 1.18 bits per heavy atom. The van der Waals surface area contributed by atoms with Crippen LogP contribution in [0.4, 0.5) is 25.4 Å². The molecule has 0 radical (unpaired) electrons. The van der Waals surface area contributed by atoms with Crippen molar-refractivity contribution in [2.75, 3.05) is 31.2 Å². The van der Waals surface area contributed by atoms with Gasteiger partial charge in [0.1, 0.15) is 22.3 Å². The van der Waals surface area contributed by atoms with E-state index in [0.29, 0.717) is 23.8 Å². The van der Waals surface area contributed by atoms with Crippen LogP contribution in [0.1, 0.15) is 38.4 Å². The minimum atomic E-state index is -0.962. The molecule has 0 unspecified atom stereocenters. The predicted molar refractivity (Wildman–Crippen MR) is 124 cm³/mol. The predicted octanol–water partition coefficient (Wildman–Crippen LogP) is 3.80.